The number of carbonyl (C=O) groups is 2. The Balaban J connectivity index is 1.92. The molecule has 1 aromatic rings. The monoisotopic (exact) mass is 319 g/mol. The fourth-order valence-electron chi connectivity index (χ4n) is 2.48. The molecule has 1 saturated heterocycles. The van der Waals surface area contributed by atoms with Crippen LogP contribution in [0.4, 0.5) is 10.5 Å². The first-order valence-electron chi connectivity index (χ1n) is 8.01. The van der Waals surface area contributed by atoms with Crippen molar-refractivity contribution >= 4 is 17.6 Å². The summed E-state index contributed by atoms with van der Waals surface area (Å²) in [5.74, 6) is -0.00161. The van der Waals surface area contributed by atoms with Crippen LogP contribution < -0.4 is 16.0 Å². The molecule has 0 unspecified atom stereocenters. The zero-order valence-electron chi connectivity index (χ0n) is 13.9. The Morgan fingerprint density at radius 3 is 2.91 bits per heavy atom. The maximum atomic E-state index is 12.1. The summed E-state index contributed by atoms with van der Waals surface area (Å²) in [4.78, 5) is 23.9. The quantitative estimate of drug-likeness (QED) is 0.779. The van der Waals surface area contributed by atoms with Gasteiger partial charge < -0.3 is 20.7 Å². The van der Waals surface area contributed by atoms with E-state index < -0.39 is 6.04 Å². The van der Waals surface area contributed by atoms with E-state index in [9.17, 15) is 9.59 Å². The fraction of sp³-hybridized carbons (Fsp3) is 0.529. The molecule has 3 amide bonds. The van der Waals surface area contributed by atoms with Gasteiger partial charge in [-0.2, -0.15) is 0 Å². The van der Waals surface area contributed by atoms with Gasteiger partial charge in [0.25, 0.3) is 0 Å². The predicted octanol–water partition coefficient (Wildman–Crippen LogP) is 2.26. The summed E-state index contributed by atoms with van der Waals surface area (Å²) in [6, 6.07) is 6.62. The zero-order chi connectivity index (χ0) is 16.8. The van der Waals surface area contributed by atoms with Crippen LogP contribution in [0.15, 0.2) is 24.3 Å². The molecule has 6 nitrogen and oxygen atoms in total. The molecule has 6 heteroatoms. The number of hydrogen-bond acceptors (Lipinski definition) is 3. The van der Waals surface area contributed by atoms with Crippen molar-refractivity contribution < 1.29 is 14.3 Å². The Morgan fingerprint density at radius 1 is 1.43 bits per heavy atom. The Morgan fingerprint density at radius 2 is 2.22 bits per heavy atom. The molecule has 1 fully saturated rings. The highest BCUT2D eigenvalue weighted by Gasteiger charge is 2.30. The summed E-state index contributed by atoms with van der Waals surface area (Å²) < 4.78 is 5.56. The van der Waals surface area contributed by atoms with Crippen LogP contribution in [-0.4, -0.2) is 30.6 Å². The number of rotatable bonds is 5. The molecule has 2 atom stereocenters. The molecule has 0 radical (unpaired) electrons. The Bertz CT molecular complexity index is 560. The summed E-state index contributed by atoms with van der Waals surface area (Å²) >= 11 is 0. The Hall–Kier alpha value is -2.08. The van der Waals surface area contributed by atoms with Crippen molar-refractivity contribution in [3.63, 3.8) is 0 Å². The molecule has 23 heavy (non-hydrogen) atoms. The van der Waals surface area contributed by atoms with Crippen LogP contribution in [0, 0.1) is 5.92 Å². The van der Waals surface area contributed by atoms with Gasteiger partial charge in [0.05, 0.1) is 12.7 Å². The van der Waals surface area contributed by atoms with E-state index in [1.807, 2.05) is 45.0 Å². The lowest BCUT2D eigenvalue weighted by atomic mass is 9.94. The van der Waals surface area contributed by atoms with Crippen molar-refractivity contribution in [3.05, 3.63) is 29.8 Å². The van der Waals surface area contributed by atoms with E-state index in [2.05, 4.69) is 16.0 Å². The van der Waals surface area contributed by atoms with Gasteiger partial charge in [0.1, 0.15) is 6.04 Å². The minimum Gasteiger partial charge on any atom is -0.374 e. The molecule has 0 bridgehead atoms. The van der Waals surface area contributed by atoms with Crippen molar-refractivity contribution in [2.24, 2.45) is 5.92 Å². The molecule has 0 spiro atoms. The summed E-state index contributed by atoms with van der Waals surface area (Å²) in [5.41, 5.74) is 1.66. The number of nitrogens with one attached hydrogen (secondary N) is 3. The number of carbonyl (C=O) groups excluding carboxylic acids is 2. The number of piperidine rings is 1. The average molecular weight is 319 g/mol. The third kappa shape index (κ3) is 5.25. The second-order valence-corrected chi connectivity index (χ2v) is 6.19. The van der Waals surface area contributed by atoms with Gasteiger partial charge in [0.2, 0.25) is 5.91 Å². The van der Waals surface area contributed by atoms with Gasteiger partial charge >= 0.3 is 6.03 Å². The van der Waals surface area contributed by atoms with Crippen molar-refractivity contribution in [2.45, 2.75) is 45.9 Å². The van der Waals surface area contributed by atoms with E-state index in [0.29, 0.717) is 18.8 Å². The second-order valence-electron chi connectivity index (χ2n) is 6.19. The maximum Gasteiger partial charge on any atom is 0.319 e. The number of benzene rings is 1. The smallest absolute Gasteiger partial charge is 0.319 e. The largest absolute Gasteiger partial charge is 0.374 e. The average Bonchev–Trinajstić information content (AvgIpc) is 2.49. The topological polar surface area (TPSA) is 79.5 Å². The van der Waals surface area contributed by atoms with Crippen molar-refractivity contribution in [1.29, 1.82) is 0 Å². The molecule has 1 aliphatic rings. The van der Waals surface area contributed by atoms with Crippen LogP contribution in [0.1, 0.15) is 32.8 Å². The number of amides is 3. The molecule has 3 N–H and O–H groups in total. The zero-order valence-corrected chi connectivity index (χ0v) is 13.9. The normalized spacial score (nSPS) is 21.0. The lowest BCUT2D eigenvalue weighted by Gasteiger charge is -2.28. The van der Waals surface area contributed by atoms with E-state index in [-0.39, 0.29) is 24.0 Å². The highest BCUT2D eigenvalue weighted by Crippen LogP contribution is 2.14. The highest BCUT2D eigenvalue weighted by atomic mass is 16.5. The molecule has 0 aromatic heterocycles. The van der Waals surface area contributed by atoms with E-state index in [1.165, 1.54) is 0 Å². The minimum absolute atomic E-state index is 0.125. The Labute approximate surface area is 137 Å². The van der Waals surface area contributed by atoms with Crippen LogP contribution >= 0.6 is 0 Å². The van der Waals surface area contributed by atoms with Crippen molar-refractivity contribution in [2.75, 3.05) is 11.9 Å². The number of urea groups is 1. The fourth-order valence-corrected chi connectivity index (χ4v) is 2.48. The van der Waals surface area contributed by atoms with Crippen molar-refractivity contribution in [3.8, 4) is 0 Å². The summed E-state index contributed by atoms with van der Waals surface area (Å²) in [6.45, 7) is 7.08. The van der Waals surface area contributed by atoms with Crippen LogP contribution in [0.25, 0.3) is 0 Å². The van der Waals surface area contributed by atoms with Gasteiger partial charge in [-0.3, -0.25) is 4.79 Å². The second kappa shape index (κ2) is 7.97. The van der Waals surface area contributed by atoms with Crippen LogP contribution in [0.3, 0.4) is 0 Å². The highest BCUT2D eigenvalue weighted by molar-refractivity contribution is 5.94. The molecule has 2 rings (SSSR count). The van der Waals surface area contributed by atoms with Crippen LogP contribution in [0.2, 0.25) is 0 Å². The van der Waals surface area contributed by atoms with E-state index in [4.69, 9.17) is 4.74 Å². The molecule has 0 aliphatic carbocycles. The molecular weight excluding hydrogens is 294 g/mol. The SMILES string of the molecule is CC(C)OCc1cccc(NC(=O)N[C@@H]2C(=O)NCC[C@H]2C)c1. The number of hydrogen-bond donors (Lipinski definition) is 3. The molecular formula is C17H25N3O3. The molecule has 1 heterocycles. The van der Waals surface area contributed by atoms with Crippen molar-refractivity contribution in [1.82, 2.24) is 10.6 Å². The molecule has 0 saturated carbocycles. The van der Waals surface area contributed by atoms with E-state index in [0.717, 1.165) is 12.0 Å². The van der Waals surface area contributed by atoms with Gasteiger partial charge in [-0.1, -0.05) is 19.1 Å². The summed E-state index contributed by atoms with van der Waals surface area (Å²) in [5, 5.41) is 8.29. The summed E-state index contributed by atoms with van der Waals surface area (Å²) in [7, 11) is 0. The first-order valence-corrected chi connectivity index (χ1v) is 8.01. The standard InChI is InChI=1S/C17H25N3O3/c1-11(2)23-10-13-5-4-6-14(9-13)19-17(22)20-15-12(3)7-8-18-16(15)21/h4-6,9,11-12,15H,7-8,10H2,1-3H3,(H,18,21)(H2,19,20,22)/t12-,15+/m1/s1. The molecule has 126 valence electrons. The number of ether oxygens (including phenoxy) is 1. The van der Waals surface area contributed by atoms with Gasteiger partial charge in [0, 0.05) is 12.2 Å². The minimum atomic E-state index is -0.490. The van der Waals surface area contributed by atoms with Gasteiger partial charge in [-0.15, -0.1) is 0 Å². The molecule has 1 aromatic carbocycles. The van der Waals surface area contributed by atoms with E-state index >= 15 is 0 Å². The van der Waals surface area contributed by atoms with E-state index in [1.54, 1.807) is 0 Å². The third-order valence-corrected chi connectivity index (χ3v) is 3.81. The summed E-state index contributed by atoms with van der Waals surface area (Å²) in [6.07, 6.45) is 1.01. The van der Waals surface area contributed by atoms with Gasteiger partial charge in [-0.05, 0) is 43.9 Å². The van der Waals surface area contributed by atoms with Crippen LogP contribution in [0.5, 0.6) is 0 Å². The maximum absolute atomic E-state index is 12.1. The first-order chi connectivity index (χ1) is 11.0. The lowest BCUT2D eigenvalue weighted by Crippen LogP contribution is -2.55. The number of anilines is 1. The lowest BCUT2D eigenvalue weighted by molar-refractivity contribution is -0.125. The Kier molecular flexibility index (Phi) is 5.98. The molecule has 1 aliphatic heterocycles. The van der Waals surface area contributed by atoms with Crippen LogP contribution in [-0.2, 0) is 16.1 Å². The third-order valence-electron chi connectivity index (χ3n) is 3.81. The predicted molar refractivity (Wildman–Crippen MR) is 89.1 cm³/mol. The van der Waals surface area contributed by atoms with Gasteiger partial charge in [-0.25, -0.2) is 4.79 Å². The van der Waals surface area contributed by atoms with Gasteiger partial charge in [0.15, 0.2) is 0 Å². The first kappa shape index (κ1) is 17.3.